The fourth-order valence-electron chi connectivity index (χ4n) is 2.29. The molecule has 6 heteroatoms. The Kier molecular flexibility index (Phi) is 4.62. The molecule has 20 heavy (non-hydrogen) atoms. The molecule has 108 valence electrons. The van der Waals surface area contributed by atoms with E-state index in [2.05, 4.69) is 10.6 Å². The molecule has 1 aliphatic carbocycles. The Morgan fingerprint density at radius 1 is 1.25 bits per heavy atom. The zero-order chi connectivity index (χ0) is 14.6. The number of aliphatic hydroxyl groups is 1. The zero-order valence-corrected chi connectivity index (χ0v) is 11.7. The van der Waals surface area contributed by atoms with Gasteiger partial charge in [0, 0.05) is 17.3 Å². The van der Waals surface area contributed by atoms with Gasteiger partial charge in [-0.2, -0.15) is 0 Å². The standard InChI is InChI=1S/C14H17ClN2O3/c15-10-4-3-5-11(8-10)17-13(19)12(18)16-9-14(20)6-1-2-7-14/h3-5,8,20H,1-2,6-7,9H2,(H,16,18)(H,17,19). The number of hydrogen-bond acceptors (Lipinski definition) is 3. The molecule has 0 aromatic heterocycles. The molecule has 0 radical (unpaired) electrons. The number of amides is 2. The lowest BCUT2D eigenvalue weighted by Crippen LogP contribution is -2.44. The molecule has 2 rings (SSSR count). The number of hydrogen-bond donors (Lipinski definition) is 3. The molecule has 0 spiro atoms. The van der Waals surface area contributed by atoms with E-state index in [1.54, 1.807) is 24.3 Å². The van der Waals surface area contributed by atoms with Gasteiger partial charge in [0.25, 0.3) is 0 Å². The molecule has 1 aromatic rings. The van der Waals surface area contributed by atoms with Crippen LogP contribution in [-0.4, -0.2) is 29.1 Å². The lowest BCUT2D eigenvalue weighted by molar-refractivity contribution is -0.136. The van der Waals surface area contributed by atoms with Crippen LogP contribution in [-0.2, 0) is 9.59 Å². The van der Waals surface area contributed by atoms with Crippen molar-refractivity contribution in [3.05, 3.63) is 29.3 Å². The van der Waals surface area contributed by atoms with Crippen molar-refractivity contribution in [1.29, 1.82) is 0 Å². The van der Waals surface area contributed by atoms with Gasteiger partial charge < -0.3 is 15.7 Å². The van der Waals surface area contributed by atoms with E-state index >= 15 is 0 Å². The highest BCUT2D eigenvalue weighted by atomic mass is 35.5. The molecular weight excluding hydrogens is 280 g/mol. The van der Waals surface area contributed by atoms with E-state index in [-0.39, 0.29) is 6.54 Å². The molecule has 0 atom stereocenters. The fourth-order valence-corrected chi connectivity index (χ4v) is 2.48. The number of anilines is 1. The summed E-state index contributed by atoms with van der Waals surface area (Å²) in [5.41, 5.74) is -0.413. The Morgan fingerprint density at radius 3 is 2.60 bits per heavy atom. The first-order valence-electron chi connectivity index (χ1n) is 6.56. The lowest BCUT2D eigenvalue weighted by atomic mass is 10.0. The highest BCUT2D eigenvalue weighted by Gasteiger charge is 2.31. The topological polar surface area (TPSA) is 78.4 Å². The zero-order valence-electron chi connectivity index (χ0n) is 11.0. The van der Waals surface area contributed by atoms with Gasteiger partial charge >= 0.3 is 11.8 Å². The third-order valence-corrected chi connectivity index (χ3v) is 3.64. The van der Waals surface area contributed by atoms with Crippen LogP contribution in [0.15, 0.2) is 24.3 Å². The van der Waals surface area contributed by atoms with E-state index in [0.717, 1.165) is 12.8 Å². The highest BCUT2D eigenvalue weighted by Crippen LogP contribution is 2.28. The van der Waals surface area contributed by atoms with Gasteiger partial charge in [-0.25, -0.2) is 0 Å². The van der Waals surface area contributed by atoms with Crippen molar-refractivity contribution >= 4 is 29.1 Å². The Morgan fingerprint density at radius 2 is 1.95 bits per heavy atom. The van der Waals surface area contributed by atoms with Crippen LogP contribution >= 0.6 is 11.6 Å². The molecular formula is C14H17ClN2O3. The minimum Gasteiger partial charge on any atom is -0.388 e. The molecule has 3 N–H and O–H groups in total. The smallest absolute Gasteiger partial charge is 0.313 e. The second-order valence-corrected chi connectivity index (χ2v) is 5.52. The van der Waals surface area contributed by atoms with Crippen molar-refractivity contribution in [3.63, 3.8) is 0 Å². The third-order valence-electron chi connectivity index (χ3n) is 3.40. The maximum Gasteiger partial charge on any atom is 0.313 e. The summed E-state index contributed by atoms with van der Waals surface area (Å²) in [4.78, 5) is 23.3. The monoisotopic (exact) mass is 296 g/mol. The molecule has 5 nitrogen and oxygen atoms in total. The van der Waals surface area contributed by atoms with Gasteiger partial charge in [-0.15, -0.1) is 0 Å². The minimum absolute atomic E-state index is 0.106. The normalized spacial score (nSPS) is 16.7. The van der Waals surface area contributed by atoms with Crippen molar-refractivity contribution in [2.45, 2.75) is 31.3 Å². The van der Waals surface area contributed by atoms with Crippen molar-refractivity contribution in [3.8, 4) is 0 Å². The van der Waals surface area contributed by atoms with E-state index in [0.29, 0.717) is 23.6 Å². The first-order valence-corrected chi connectivity index (χ1v) is 6.93. The predicted octanol–water partition coefficient (Wildman–Crippen LogP) is 1.70. The molecule has 0 aliphatic heterocycles. The molecule has 0 heterocycles. The van der Waals surface area contributed by atoms with Gasteiger partial charge in [0.15, 0.2) is 0 Å². The minimum atomic E-state index is -0.869. The summed E-state index contributed by atoms with van der Waals surface area (Å²) < 4.78 is 0. The van der Waals surface area contributed by atoms with Crippen molar-refractivity contribution in [2.24, 2.45) is 0 Å². The summed E-state index contributed by atoms with van der Waals surface area (Å²) in [6.45, 7) is 0.106. The average Bonchev–Trinajstić information content (AvgIpc) is 2.83. The molecule has 0 unspecified atom stereocenters. The summed E-state index contributed by atoms with van der Waals surface area (Å²) in [7, 11) is 0. The van der Waals surface area contributed by atoms with Gasteiger partial charge in [0.1, 0.15) is 0 Å². The van der Waals surface area contributed by atoms with Gasteiger partial charge in [0.05, 0.1) is 5.60 Å². The molecule has 0 bridgehead atoms. The summed E-state index contributed by atoms with van der Waals surface area (Å²) in [5.74, 6) is -1.53. The third kappa shape index (κ3) is 3.95. The van der Waals surface area contributed by atoms with Crippen molar-refractivity contribution < 1.29 is 14.7 Å². The fraction of sp³-hybridized carbons (Fsp3) is 0.429. The van der Waals surface area contributed by atoms with Crippen LogP contribution in [0.3, 0.4) is 0 Å². The number of halogens is 1. The molecule has 1 fully saturated rings. The number of carbonyl (C=O) groups excluding carboxylic acids is 2. The van der Waals surface area contributed by atoms with E-state index < -0.39 is 17.4 Å². The van der Waals surface area contributed by atoms with Crippen LogP contribution in [0.5, 0.6) is 0 Å². The summed E-state index contributed by atoms with van der Waals surface area (Å²) >= 11 is 5.79. The Labute approximate surface area is 122 Å². The predicted molar refractivity (Wildman–Crippen MR) is 76.5 cm³/mol. The maximum atomic E-state index is 11.7. The van der Waals surface area contributed by atoms with Crippen molar-refractivity contribution in [1.82, 2.24) is 5.32 Å². The van der Waals surface area contributed by atoms with E-state index in [9.17, 15) is 14.7 Å². The van der Waals surface area contributed by atoms with Gasteiger partial charge in [-0.3, -0.25) is 9.59 Å². The molecule has 1 saturated carbocycles. The van der Waals surface area contributed by atoms with Crippen LogP contribution < -0.4 is 10.6 Å². The maximum absolute atomic E-state index is 11.7. The lowest BCUT2D eigenvalue weighted by Gasteiger charge is -2.22. The van der Waals surface area contributed by atoms with Crippen molar-refractivity contribution in [2.75, 3.05) is 11.9 Å². The van der Waals surface area contributed by atoms with Gasteiger partial charge in [-0.1, -0.05) is 30.5 Å². The van der Waals surface area contributed by atoms with Crippen LogP contribution in [0.2, 0.25) is 5.02 Å². The Bertz CT molecular complexity index is 513. The van der Waals surface area contributed by atoms with E-state index in [1.165, 1.54) is 0 Å². The van der Waals surface area contributed by atoms with Crippen LogP contribution in [0.4, 0.5) is 5.69 Å². The second-order valence-electron chi connectivity index (χ2n) is 5.08. The number of nitrogens with one attached hydrogen (secondary N) is 2. The summed E-state index contributed by atoms with van der Waals surface area (Å²) in [6.07, 6.45) is 3.20. The second kappa shape index (κ2) is 6.24. The largest absolute Gasteiger partial charge is 0.388 e. The molecule has 0 saturated heterocycles. The van der Waals surface area contributed by atoms with E-state index in [1.807, 2.05) is 0 Å². The summed E-state index contributed by atoms with van der Waals surface area (Å²) in [6, 6.07) is 6.54. The quantitative estimate of drug-likeness (QED) is 0.743. The molecule has 2 amide bonds. The Hall–Kier alpha value is -1.59. The van der Waals surface area contributed by atoms with Crippen LogP contribution in [0.25, 0.3) is 0 Å². The molecule has 1 aliphatic rings. The first kappa shape index (κ1) is 14.8. The summed E-state index contributed by atoms with van der Waals surface area (Å²) in [5, 5.41) is 15.5. The number of rotatable bonds is 3. The number of carbonyl (C=O) groups is 2. The highest BCUT2D eigenvalue weighted by molar-refractivity contribution is 6.39. The average molecular weight is 297 g/mol. The Balaban J connectivity index is 1.84. The van der Waals surface area contributed by atoms with Gasteiger partial charge in [-0.05, 0) is 31.0 Å². The van der Waals surface area contributed by atoms with Crippen LogP contribution in [0, 0.1) is 0 Å². The van der Waals surface area contributed by atoms with E-state index in [4.69, 9.17) is 11.6 Å². The number of benzene rings is 1. The van der Waals surface area contributed by atoms with Gasteiger partial charge in [0.2, 0.25) is 0 Å². The SMILES string of the molecule is O=C(NCC1(O)CCCC1)C(=O)Nc1cccc(Cl)c1. The van der Waals surface area contributed by atoms with Crippen LogP contribution in [0.1, 0.15) is 25.7 Å². The first-order chi connectivity index (χ1) is 9.48. The molecule has 1 aromatic carbocycles.